The number of hydrazine groups is 1. The van der Waals surface area contributed by atoms with Crippen molar-refractivity contribution in [2.24, 2.45) is 0 Å². The van der Waals surface area contributed by atoms with Crippen LogP contribution < -0.4 is 10.9 Å². The van der Waals surface area contributed by atoms with E-state index in [0.29, 0.717) is 10.0 Å². The highest BCUT2D eigenvalue weighted by molar-refractivity contribution is 9.10. The van der Waals surface area contributed by atoms with Gasteiger partial charge in [0.2, 0.25) is 5.91 Å². The van der Waals surface area contributed by atoms with Gasteiger partial charge in [-0.15, -0.1) is 11.8 Å². The predicted octanol–water partition coefficient (Wildman–Crippen LogP) is 3.93. The van der Waals surface area contributed by atoms with Crippen LogP contribution >= 0.6 is 27.7 Å². The van der Waals surface area contributed by atoms with Crippen molar-refractivity contribution in [2.45, 2.75) is 25.7 Å². The second-order valence-electron chi connectivity index (χ2n) is 5.50. The molecule has 2 amide bonds. The van der Waals surface area contributed by atoms with E-state index >= 15 is 0 Å². The van der Waals surface area contributed by atoms with Crippen LogP contribution in [-0.4, -0.2) is 17.6 Å². The van der Waals surface area contributed by atoms with Crippen molar-refractivity contribution in [3.8, 4) is 0 Å². The van der Waals surface area contributed by atoms with Gasteiger partial charge in [-0.25, -0.2) is 0 Å². The Labute approximate surface area is 154 Å². The van der Waals surface area contributed by atoms with Gasteiger partial charge in [0, 0.05) is 9.37 Å². The number of halogens is 1. The summed E-state index contributed by atoms with van der Waals surface area (Å²) in [6.45, 7) is 6.13. The molecular weight excluding hydrogens is 388 g/mol. The quantitative estimate of drug-likeness (QED) is 0.597. The highest BCUT2D eigenvalue weighted by atomic mass is 79.9. The van der Waals surface area contributed by atoms with E-state index in [-0.39, 0.29) is 17.6 Å². The third kappa shape index (κ3) is 4.85. The van der Waals surface area contributed by atoms with Crippen LogP contribution in [0.4, 0.5) is 0 Å². The predicted molar refractivity (Wildman–Crippen MR) is 101 cm³/mol. The Hall–Kier alpha value is -1.79. The van der Waals surface area contributed by atoms with E-state index in [9.17, 15) is 9.59 Å². The second-order valence-corrected chi connectivity index (χ2v) is 7.34. The molecular formula is C18H19BrN2O2S. The lowest BCUT2D eigenvalue weighted by molar-refractivity contribution is -0.119. The van der Waals surface area contributed by atoms with E-state index in [1.807, 2.05) is 19.9 Å². The third-order valence-corrected chi connectivity index (χ3v) is 5.42. The van der Waals surface area contributed by atoms with E-state index in [1.165, 1.54) is 17.3 Å². The van der Waals surface area contributed by atoms with E-state index in [0.717, 1.165) is 16.0 Å². The standard InChI is InChI=1S/C18H19BrN2O2S/c1-11-8-12(2)17(13(3)9-11)24-10-16(22)20-21-18(23)14-6-4-5-7-15(14)19/h4-9H,10H2,1-3H3,(H,20,22)(H,21,23). The molecule has 0 unspecified atom stereocenters. The number of amides is 2. The van der Waals surface area contributed by atoms with Crippen LogP contribution in [0.15, 0.2) is 45.8 Å². The van der Waals surface area contributed by atoms with Crippen molar-refractivity contribution in [3.05, 3.63) is 63.1 Å². The molecule has 0 radical (unpaired) electrons. The lowest BCUT2D eigenvalue weighted by Gasteiger charge is -2.11. The first-order valence-electron chi connectivity index (χ1n) is 7.43. The van der Waals surface area contributed by atoms with Crippen molar-refractivity contribution >= 4 is 39.5 Å². The van der Waals surface area contributed by atoms with Gasteiger partial charge in [0.1, 0.15) is 0 Å². The summed E-state index contributed by atoms with van der Waals surface area (Å²) in [5, 5.41) is 0. The first-order chi connectivity index (χ1) is 11.4. The minimum absolute atomic E-state index is 0.237. The molecule has 0 aliphatic rings. The molecule has 126 valence electrons. The van der Waals surface area contributed by atoms with Crippen LogP contribution in [-0.2, 0) is 4.79 Å². The number of rotatable bonds is 4. The zero-order valence-corrected chi connectivity index (χ0v) is 16.2. The van der Waals surface area contributed by atoms with Gasteiger partial charge in [-0.05, 0) is 60.0 Å². The van der Waals surface area contributed by atoms with Gasteiger partial charge >= 0.3 is 0 Å². The Balaban J connectivity index is 1.88. The third-order valence-electron chi connectivity index (χ3n) is 3.39. The molecule has 2 aromatic carbocycles. The first kappa shape index (κ1) is 18.5. The lowest BCUT2D eigenvalue weighted by Crippen LogP contribution is -2.42. The van der Waals surface area contributed by atoms with E-state index < -0.39 is 0 Å². The molecule has 2 aromatic rings. The molecule has 0 spiro atoms. The number of nitrogens with one attached hydrogen (secondary N) is 2. The number of aryl methyl sites for hydroxylation is 3. The maximum atomic E-state index is 12.0. The van der Waals surface area contributed by atoms with Crippen LogP contribution in [0.1, 0.15) is 27.0 Å². The average Bonchev–Trinajstić information content (AvgIpc) is 2.52. The minimum atomic E-state index is -0.358. The molecule has 2 N–H and O–H groups in total. The average molecular weight is 407 g/mol. The van der Waals surface area contributed by atoms with Crippen molar-refractivity contribution in [1.29, 1.82) is 0 Å². The monoisotopic (exact) mass is 406 g/mol. The molecule has 0 saturated carbocycles. The molecule has 0 saturated heterocycles. The Morgan fingerprint density at radius 2 is 1.67 bits per heavy atom. The zero-order valence-electron chi connectivity index (χ0n) is 13.8. The van der Waals surface area contributed by atoms with Crippen LogP contribution in [0, 0.1) is 20.8 Å². The summed E-state index contributed by atoms with van der Waals surface area (Å²) in [5.41, 5.74) is 8.87. The Bertz CT molecular complexity index is 754. The number of hydrogen-bond acceptors (Lipinski definition) is 3. The van der Waals surface area contributed by atoms with E-state index in [2.05, 4.69) is 45.8 Å². The van der Waals surface area contributed by atoms with Crippen molar-refractivity contribution in [3.63, 3.8) is 0 Å². The number of benzene rings is 2. The minimum Gasteiger partial charge on any atom is -0.272 e. The van der Waals surface area contributed by atoms with Gasteiger partial charge in [-0.2, -0.15) is 0 Å². The Kier molecular flexibility index (Phi) is 6.45. The second kappa shape index (κ2) is 8.35. The molecule has 0 heterocycles. The zero-order chi connectivity index (χ0) is 17.7. The van der Waals surface area contributed by atoms with Gasteiger partial charge in [-0.3, -0.25) is 20.4 Å². The Morgan fingerprint density at radius 1 is 1.04 bits per heavy atom. The molecule has 0 atom stereocenters. The molecule has 6 heteroatoms. The fourth-order valence-electron chi connectivity index (χ4n) is 2.41. The maximum absolute atomic E-state index is 12.0. The number of hydrogen-bond donors (Lipinski definition) is 2. The highest BCUT2D eigenvalue weighted by Gasteiger charge is 2.11. The molecule has 0 aliphatic carbocycles. The summed E-state index contributed by atoms with van der Waals surface area (Å²) in [5.74, 6) is -0.371. The number of carbonyl (C=O) groups excluding carboxylic acids is 2. The van der Waals surface area contributed by atoms with Crippen molar-refractivity contribution < 1.29 is 9.59 Å². The maximum Gasteiger partial charge on any atom is 0.270 e. The normalized spacial score (nSPS) is 10.3. The highest BCUT2D eigenvalue weighted by Crippen LogP contribution is 2.27. The summed E-state index contributed by atoms with van der Waals surface area (Å²) >= 11 is 4.78. The largest absolute Gasteiger partial charge is 0.272 e. The fourth-order valence-corrected chi connectivity index (χ4v) is 3.79. The summed E-state index contributed by atoms with van der Waals surface area (Å²) in [7, 11) is 0. The van der Waals surface area contributed by atoms with E-state index in [1.54, 1.807) is 18.2 Å². The van der Waals surface area contributed by atoms with Crippen molar-refractivity contribution in [2.75, 3.05) is 5.75 Å². The van der Waals surface area contributed by atoms with Gasteiger partial charge in [0.05, 0.1) is 11.3 Å². The molecule has 2 rings (SSSR count). The van der Waals surface area contributed by atoms with Crippen molar-refractivity contribution in [1.82, 2.24) is 10.9 Å². The molecule has 4 nitrogen and oxygen atoms in total. The molecule has 0 aromatic heterocycles. The van der Waals surface area contributed by atoms with Crippen LogP contribution in [0.2, 0.25) is 0 Å². The first-order valence-corrected chi connectivity index (χ1v) is 9.20. The molecule has 0 bridgehead atoms. The van der Waals surface area contributed by atoms with E-state index in [4.69, 9.17) is 0 Å². The van der Waals surface area contributed by atoms with Gasteiger partial charge in [-0.1, -0.05) is 29.8 Å². The van der Waals surface area contributed by atoms with Gasteiger partial charge in [0.15, 0.2) is 0 Å². The van der Waals surface area contributed by atoms with Gasteiger partial charge in [0.25, 0.3) is 5.91 Å². The Morgan fingerprint density at radius 3 is 2.29 bits per heavy atom. The smallest absolute Gasteiger partial charge is 0.270 e. The molecule has 0 aliphatic heterocycles. The van der Waals surface area contributed by atoms with Gasteiger partial charge < -0.3 is 0 Å². The lowest BCUT2D eigenvalue weighted by atomic mass is 10.1. The summed E-state index contributed by atoms with van der Waals surface area (Å²) in [4.78, 5) is 25.1. The SMILES string of the molecule is Cc1cc(C)c(SCC(=O)NNC(=O)c2ccccc2Br)c(C)c1. The summed E-state index contributed by atoms with van der Waals surface area (Å²) < 4.78 is 0.678. The summed E-state index contributed by atoms with van der Waals surface area (Å²) in [6.07, 6.45) is 0. The van der Waals surface area contributed by atoms with Crippen LogP contribution in [0.25, 0.3) is 0 Å². The van der Waals surface area contributed by atoms with Crippen LogP contribution in [0.3, 0.4) is 0 Å². The molecule has 24 heavy (non-hydrogen) atoms. The van der Waals surface area contributed by atoms with Crippen LogP contribution in [0.5, 0.6) is 0 Å². The fraction of sp³-hybridized carbons (Fsp3) is 0.222. The number of thioether (sulfide) groups is 1. The number of carbonyl (C=O) groups is 2. The summed E-state index contributed by atoms with van der Waals surface area (Å²) in [6, 6.07) is 11.2. The molecule has 0 fully saturated rings. The topological polar surface area (TPSA) is 58.2 Å².